The van der Waals surface area contributed by atoms with E-state index in [9.17, 15) is 4.79 Å². The van der Waals surface area contributed by atoms with Gasteiger partial charge in [-0.2, -0.15) is 0 Å². The van der Waals surface area contributed by atoms with Gasteiger partial charge < -0.3 is 15.7 Å². The quantitative estimate of drug-likeness (QED) is 0.577. The minimum atomic E-state index is -0.642. The first-order chi connectivity index (χ1) is 9.08. The molecule has 0 unspecified atom stereocenters. The summed E-state index contributed by atoms with van der Waals surface area (Å²) in [4.78, 5) is 15.0. The van der Waals surface area contributed by atoms with E-state index in [0.29, 0.717) is 24.5 Å². The summed E-state index contributed by atoms with van der Waals surface area (Å²) < 4.78 is 0. The Hall–Kier alpha value is -0.680. The molecule has 1 saturated carbocycles. The number of rotatable bonds is 6. The highest BCUT2D eigenvalue weighted by Gasteiger charge is 2.43. The Morgan fingerprint density at radius 2 is 1.89 bits per heavy atom. The van der Waals surface area contributed by atoms with Crippen LogP contribution in [-0.4, -0.2) is 40.6 Å². The second-order valence-electron chi connectivity index (χ2n) is 5.32. The van der Waals surface area contributed by atoms with Crippen LogP contribution in [0.3, 0.4) is 0 Å². The topological polar surface area (TPSA) is 66.6 Å². The molecule has 1 fully saturated rings. The van der Waals surface area contributed by atoms with Crippen LogP contribution in [0.4, 0.5) is 0 Å². The molecule has 1 rings (SSSR count). The summed E-state index contributed by atoms with van der Waals surface area (Å²) in [6.45, 7) is 3.28. The lowest BCUT2D eigenvalue weighted by Crippen LogP contribution is -2.50. The minimum Gasteiger partial charge on any atom is -0.396 e. The van der Waals surface area contributed by atoms with E-state index in [0.717, 1.165) is 38.5 Å². The van der Waals surface area contributed by atoms with Crippen LogP contribution in [0.5, 0.6) is 0 Å². The van der Waals surface area contributed by atoms with Gasteiger partial charge in [0.25, 0.3) is 0 Å². The van der Waals surface area contributed by atoms with Gasteiger partial charge in [-0.1, -0.05) is 37.9 Å². The highest BCUT2D eigenvalue weighted by molar-refractivity contribution is 7.80. The number of hydrogen-bond donors (Lipinski definition) is 2. The van der Waals surface area contributed by atoms with E-state index in [1.54, 1.807) is 4.90 Å². The van der Waals surface area contributed by atoms with Crippen molar-refractivity contribution in [2.24, 2.45) is 11.1 Å². The SMILES string of the molecule is CCN(CCCO)C(=O)C1(C(N)=S)CCCCCC1. The van der Waals surface area contributed by atoms with Gasteiger partial charge in [0, 0.05) is 19.7 Å². The molecule has 0 aromatic rings. The normalized spacial score (nSPS) is 18.6. The predicted molar refractivity (Wildman–Crippen MR) is 80.9 cm³/mol. The highest BCUT2D eigenvalue weighted by Crippen LogP contribution is 2.37. The fourth-order valence-electron chi connectivity index (χ4n) is 2.87. The molecule has 1 aliphatic carbocycles. The fraction of sp³-hybridized carbons (Fsp3) is 0.857. The van der Waals surface area contributed by atoms with Gasteiger partial charge in [0.1, 0.15) is 0 Å². The molecule has 0 saturated heterocycles. The van der Waals surface area contributed by atoms with Gasteiger partial charge in [0.15, 0.2) is 0 Å². The first kappa shape index (κ1) is 16.4. The van der Waals surface area contributed by atoms with Crippen molar-refractivity contribution in [3.05, 3.63) is 0 Å². The van der Waals surface area contributed by atoms with E-state index >= 15 is 0 Å². The van der Waals surface area contributed by atoms with E-state index in [2.05, 4.69) is 0 Å². The smallest absolute Gasteiger partial charge is 0.235 e. The maximum Gasteiger partial charge on any atom is 0.235 e. The minimum absolute atomic E-state index is 0.0675. The molecule has 3 N–H and O–H groups in total. The van der Waals surface area contributed by atoms with Gasteiger partial charge in [0.2, 0.25) is 5.91 Å². The monoisotopic (exact) mass is 286 g/mol. The van der Waals surface area contributed by atoms with E-state index < -0.39 is 5.41 Å². The molecule has 110 valence electrons. The van der Waals surface area contributed by atoms with Gasteiger partial charge in [-0.15, -0.1) is 0 Å². The van der Waals surface area contributed by atoms with Crippen LogP contribution in [0, 0.1) is 5.41 Å². The summed E-state index contributed by atoms with van der Waals surface area (Å²) in [5, 5.41) is 8.93. The summed E-state index contributed by atoms with van der Waals surface area (Å²) in [5.74, 6) is 0.0675. The summed E-state index contributed by atoms with van der Waals surface area (Å²) in [7, 11) is 0. The van der Waals surface area contributed by atoms with Crippen LogP contribution in [-0.2, 0) is 4.79 Å². The molecule has 0 atom stereocenters. The zero-order valence-corrected chi connectivity index (χ0v) is 12.7. The number of carbonyl (C=O) groups excluding carboxylic acids is 1. The second-order valence-corrected chi connectivity index (χ2v) is 5.76. The summed E-state index contributed by atoms with van der Waals surface area (Å²) in [6.07, 6.45) is 6.49. The van der Waals surface area contributed by atoms with E-state index in [1.165, 1.54) is 0 Å². The summed E-state index contributed by atoms with van der Waals surface area (Å²) in [6, 6.07) is 0. The van der Waals surface area contributed by atoms with Crippen molar-refractivity contribution in [2.75, 3.05) is 19.7 Å². The number of carbonyl (C=O) groups is 1. The van der Waals surface area contributed by atoms with Crippen LogP contribution in [0.25, 0.3) is 0 Å². The van der Waals surface area contributed by atoms with Crippen LogP contribution in [0.15, 0.2) is 0 Å². The Bertz CT molecular complexity index is 313. The maximum atomic E-state index is 12.8. The molecule has 0 aromatic heterocycles. The average molecular weight is 286 g/mol. The van der Waals surface area contributed by atoms with Gasteiger partial charge in [-0.3, -0.25) is 4.79 Å². The van der Waals surface area contributed by atoms with Crippen molar-refractivity contribution >= 4 is 23.1 Å². The predicted octanol–water partition coefficient (Wildman–Crippen LogP) is 1.84. The molecule has 0 radical (unpaired) electrons. The Kier molecular flexibility index (Phi) is 6.72. The number of hydrogen-bond acceptors (Lipinski definition) is 3. The second kappa shape index (κ2) is 7.80. The number of aliphatic hydroxyl groups excluding tert-OH is 1. The third-order valence-corrected chi connectivity index (χ3v) is 4.48. The van der Waals surface area contributed by atoms with Crippen molar-refractivity contribution in [3.8, 4) is 0 Å². The first-order valence-corrected chi connectivity index (χ1v) is 7.69. The number of nitrogens with zero attached hydrogens (tertiary/aromatic N) is 1. The Balaban J connectivity index is 2.89. The van der Waals surface area contributed by atoms with Crippen molar-refractivity contribution in [3.63, 3.8) is 0 Å². The van der Waals surface area contributed by atoms with Gasteiger partial charge in [-0.05, 0) is 26.2 Å². The molecular formula is C14H26N2O2S. The zero-order valence-electron chi connectivity index (χ0n) is 11.9. The third-order valence-electron chi connectivity index (χ3n) is 4.09. The molecule has 0 bridgehead atoms. The number of nitrogens with two attached hydrogens (primary N) is 1. The Morgan fingerprint density at radius 1 is 1.32 bits per heavy atom. The number of amides is 1. The molecule has 0 aromatic carbocycles. The van der Waals surface area contributed by atoms with Crippen LogP contribution in [0.2, 0.25) is 0 Å². The maximum absolute atomic E-state index is 12.8. The first-order valence-electron chi connectivity index (χ1n) is 7.28. The van der Waals surface area contributed by atoms with E-state index in [-0.39, 0.29) is 12.5 Å². The molecule has 19 heavy (non-hydrogen) atoms. The lowest BCUT2D eigenvalue weighted by Gasteiger charge is -2.35. The molecule has 0 spiro atoms. The summed E-state index contributed by atoms with van der Waals surface area (Å²) >= 11 is 5.22. The molecule has 1 aliphatic rings. The van der Waals surface area contributed by atoms with Gasteiger partial charge in [0.05, 0.1) is 10.4 Å². The molecule has 5 heteroatoms. The van der Waals surface area contributed by atoms with Crippen molar-refractivity contribution < 1.29 is 9.90 Å². The van der Waals surface area contributed by atoms with Crippen molar-refractivity contribution in [1.29, 1.82) is 0 Å². The number of thiocarbonyl (C=S) groups is 1. The average Bonchev–Trinajstić information content (AvgIpc) is 2.65. The Labute approximate surface area is 121 Å². The lowest BCUT2D eigenvalue weighted by atomic mass is 9.78. The molecule has 1 amide bonds. The fourth-order valence-corrected chi connectivity index (χ4v) is 3.16. The molecular weight excluding hydrogens is 260 g/mol. The van der Waals surface area contributed by atoms with Crippen molar-refractivity contribution in [2.45, 2.75) is 51.9 Å². The zero-order chi connectivity index (χ0) is 14.3. The van der Waals surface area contributed by atoms with E-state index in [4.69, 9.17) is 23.1 Å². The largest absolute Gasteiger partial charge is 0.396 e. The highest BCUT2D eigenvalue weighted by atomic mass is 32.1. The van der Waals surface area contributed by atoms with Crippen molar-refractivity contribution in [1.82, 2.24) is 4.90 Å². The molecule has 0 aliphatic heterocycles. The standard InChI is InChI=1S/C14H26N2O2S/c1-2-16(10-7-11-17)13(18)14(12(15)19)8-5-3-4-6-9-14/h17H,2-11H2,1H3,(H2,15,19). The van der Waals surface area contributed by atoms with Crippen LogP contribution in [0.1, 0.15) is 51.9 Å². The molecule has 0 heterocycles. The van der Waals surface area contributed by atoms with Gasteiger partial charge >= 0.3 is 0 Å². The third kappa shape index (κ3) is 3.89. The summed E-state index contributed by atoms with van der Waals surface area (Å²) in [5.41, 5.74) is 5.29. The van der Waals surface area contributed by atoms with E-state index in [1.807, 2.05) is 6.92 Å². The molecule has 4 nitrogen and oxygen atoms in total. The van der Waals surface area contributed by atoms with Gasteiger partial charge in [-0.25, -0.2) is 0 Å². The lowest BCUT2D eigenvalue weighted by molar-refractivity contribution is -0.138. The van der Waals surface area contributed by atoms with Crippen LogP contribution >= 0.6 is 12.2 Å². The number of aliphatic hydroxyl groups is 1. The van der Waals surface area contributed by atoms with Crippen LogP contribution < -0.4 is 5.73 Å². The Morgan fingerprint density at radius 3 is 2.32 bits per heavy atom.